The molecule has 0 unspecified atom stereocenters. The van der Waals surface area contributed by atoms with Crippen LogP contribution < -0.4 is 5.73 Å². The Morgan fingerprint density at radius 2 is 1.88 bits per heavy atom. The van der Waals surface area contributed by atoms with Crippen LogP contribution in [0.4, 0.5) is 4.39 Å². The van der Waals surface area contributed by atoms with E-state index in [4.69, 9.17) is 10.7 Å². The molecule has 8 heteroatoms. The van der Waals surface area contributed by atoms with Gasteiger partial charge in [0.05, 0.1) is 11.3 Å². The van der Waals surface area contributed by atoms with E-state index in [2.05, 4.69) is 0 Å². The van der Waals surface area contributed by atoms with E-state index >= 15 is 0 Å². The number of carboxylic acids is 1. The summed E-state index contributed by atoms with van der Waals surface area (Å²) in [7, 11) is 0. The van der Waals surface area contributed by atoms with Gasteiger partial charge in [-0.2, -0.15) is 0 Å². The lowest BCUT2D eigenvalue weighted by Crippen LogP contribution is -2.18. The highest BCUT2D eigenvalue weighted by Gasteiger charge is 2.24. The second kappa shape index (κ2) is 8.55. The molecule has 0 spiro atoms. The van der Waals surface area contributed by atoms with Gasteiger partial charge in [-0.25, -0.2) is 14.2 Å². The van der Waals surface area contributed by atoms with Crippen LogP contribution in [0.1, 0.15) is 45.1 Å². The number of aromatic nitrogens is 2. The van der Waals surface area contributed by atoms with Crippen LogP contribution in [0.3, 0.4) is 0 Å². The minimum Gasteiger partial charge on any atom is -0.477 e. The lowest BCUT2D eigenvalue weighted by atomic mass is 9.96. The molecular formula is C24H22FN3O3S. The Morgan fingerprint density at radius 1 is 1.16 bits per heavy atom. The predicted molar refractivity (Wildman–Crippen MR) is 123 cm³/mol. The molecule has 0 aliphatic carbocycles. The zero-order chi connectivity index (χ0) is 23.0. The molecule has 4 aromatic rings. The number of fused-ring (bicyclic) bond motifs is 1. The van der Waals surface area contributed by atoms with Gasteiger partial charge >= 0.3 is 5.97 Å². The van der Waals surface area contributed by atoms with Gasteiger partial charge in [0.1, 0.15) is 16.3 Å². The lowest BCUT2D eigenvalue weighted by molar-refractivity contribution is 0.0702. The lowest BCUT2D eigenvalue weighted by Gasteiger charge is -2.15. The van der Waals surface area contributed by atoms with Gasteiger partial charge in [0.2, 0.25) is 0 Å². The Kier molecular flexibility index (Phi) is 5.80. The van der Waals surface area contributed by atoms with E-state index in [1.165, 1.54) is 18.2 Å². The number of carboxylic acid groups (broad SMARTS) is 1. The summed E-state index contributed by atoms with van der Waals surface area (Å²) in [6.07, 6.45) is 2.40. The first-order valence-electron chi connectivity index (χ1n) is 10.1. The van der Waals surface area contributed by atoms with Gasteiger partial charge in [0.15, 0.2) is 0 Å². The molecule has 0 saturated carbocycles. The molecule has 3 N–H and O–H groups in total. The second-order valence-electron chi connectivity index (χ2n) is 8.05. The maximum absolute atomic E-state index is 13.3. The Bertz CT molecular complexity index is 1320. The van der Waals surface area contributed by atoms with Gasteiger partial charge in [-0.15, -0.1) is 11.3 Å². The van der Waals surface area contributed by atoms with E-state index in [0.29, 0.717) is 45.7 Å². The molecule has 6 nitrogen and oxygen atoms in total. The largest absolute Gasteiger partial charge is 0.477 e. The van der Waals surface area contributed by atoms with Crippen molar-refractivity contribution in [2.24, 2.45) is 11.7 Å². The minimum absolute atomic E-state index is 0.177. The van der Waals surface area contributed by atoms with Crippen LogP contribution in [-0.4, -0.2) is 26.5 Å². The number of amides is 1. The summed E-state index contributed by atoms with van der Waals surface area (Å²) >= 11 is 1.10. The zero-order valence-corrected chi connectivity index (χ0v) is 18.4. The summed E-state index contributed by atoms with van der Waals surface area (Å²) in [6, 6.07) is 11.3. The number of halogens is 1. The third kappa shape index (κ3) is 4.13. The van der Waals surface area contributed by atoms with E-state index < -0.39 is 11.9 Å². The van der Waals surface area contributed by atoms with Crippen LogP contribution in [0.25, 0.3) is 21.5 Å². The van der Waals surface area contributed by atoms with E-state index in [1.54, 1.807) is 18.2 Å². The average Bonchev–Trinajstić information content (AvgIpc) is 3.36. The quantitative estimate of drug-likeness (QED) is 0.415. The molecule has 0 bridgehead atoms. The Balaban J connectivity index is 1.96. The first-order valence-corrected chi connectivity index (χ1v) is 11.0. The standard InChI is InChI=1S/C24H22FN3O3S/c1-13(2)11-17-21(22(26)29)20(18-7-8-19(32-18)24(30)31)16-9-10-28(23(16)27-17)12-14-3-5-15(25)6-4-14/h3-10,13H,11-12H2,1-2H3,(H2,26,29)(H,30,31). The SMILES string of the molecule is CC(C)Cc1nc2c(ccn2Cc2ccc(F)cc2)c(-c2ccc(C(=O)O)s2)c1C(N)=O. The fraction of sp³-hybridized carbons (Fsp3) is 0.208. The molecular weight excluding hydrogens is 429 g/mol. The number of thiophene rings is 1. The fourth-order valence-electron chi connectivity index (χ4n) is 3.80. The molecule has 1 aromatic carbocycles. The Morgan fingerprint density at radius 3 is 2.47 bits per heavy atom. The van der Waals surface area contributed by atoms with Crippen molar-refractivity contribution < 1.29 is 19.1 Å². The highest BCUT2D eigenvalue weighted by molar-refractivity contribution is 7.17. The highest BCUT2D eigenvalue weighted by Crippen LogP contribution is 2.38. The minimum atomic E-state index is -1.02. The number of rotatable bonds is 7. The molecule has 0 saturated heterocycles. The van der Waals surface area contributed by atoms with Crippen molar-refractivity contribution in [3.05, 3.63) is 76.2 Å². The molecule has 4 rings (SSSR count). The van der Waals surface area contributed by atoms with Crippen LogP contribution in [0.15, 0.2) is 48.7 Å². The molecule has 0 atom stereocenters. The van der Waals surface area contributed by atoms with Crippen LogP contribution in [-0.2, 0) is 13.0 Å². The van der Waals surface area contributed by atoms with Crippen molar-refractivity contribution in [2.75, 3.05) is 0 Å². The van der Waals surface area contributed by atoms with Crippen molar-refractivity contribution in [3.63, 3.8) is 0 Å². The molecule has 32 heavy (non-hydrogen) atoms. The van der Waals surface area contributed by atoms with Crippen molar-refractivity contribution in [1.82, 2.24) is 9.55 Å². The molecule has 164 valence electrons. The number of hydrogen-bond acceptors (Lipinski definition) is 4. The number of aromatic carboxylic acids is 1. The van der Waals surface area contributed by atoms with Gasteiger partial charge in [-0.3, -0.25) is 4.79 Å². The highest BCUT2D eigenvalue weighted by atomic mass is 32.1. The topological polar surface area (TPSA) is 98.2 Å². The van der Waals surface area contributed by atoms with Gasteiger partial charge in [-0.1, -0.05) is 26.0 Å². The number of benzene rings is 1. The molecule has 3 heterocycles. The van der Waals surface area contributed by atoms with Crippen molar-refractivity contribution in [3.8, 4) is 10.4 Å². The first-order chi connectivity index (χ1) is 15.2. The fourth-order valence-corrected chi connectivity index (χ4v) is 4.71. The number of carbonyl (C=O) groups excluding carboxylic acids is 1. The number of nitrogens with zero attached hydrogens (tertiary/aromatic N) is 2. The zero-order valence-electron chi connectivity index (χ0n) is 17.6. The third-order valence-electron chi connectivity index (χ3n) is 5.16. The summed E-state index contributed by atoms with van der Waals surface area (Å²) in [4.78, 5) is 29.6. The maximum Gasteiger partial charge on any atom is 0.345 e. The molecule has 1 amide bonds. The van der Waals surface area contributed by atoms with Gasteiger partial charge in [0, 0.05) is 28.6 Å². The van der Waals surface area contributed by atoms with Crippen LogP contribution in [0, 0.1) is 11.7 Å². The number of pyridine rings is 1. The van der Waals surface area contributed by atoms with Gasteiger partial charge < -0.3 is 15.4 Å². The van der Waals surface area contributed by atoms with Crippen molar-refractivity contribution in [2.45, 2.75) is 26.8 Å². The van der Waals surface area contributed by atoms with Crippen molar-refractivity contribution >= 4 is 34.2 Å². The maximum atomic E-state index is 13.3. The van der Waals surface area contributed by atoms with Gasteiger partial charge in [-0.05, 0) is 48.2 Å². The predicted octanol–water partition coefficient (Wildman–Crippen LogP) is 4.95. The normalized spacial score (nSPS) is 11.4. The summed E-state index contributed by atoms with van der Waals surface area (Å²) in [5.74, 6) is -1.70. The summed E-state index contributed by atoms with van der Waals surface area (Å²) in [5.41, 5.74) is 8.88. The van der Waals surface area contributed by atoms with Crippen molar-refractivity contribution in [1.29, 1.82) is 0 Å². The van der Waals surface area contributed by atoms with E-state index in [-0.39, 0.29) is 16.6 Å². The van der Waals surface area contributed by atoms with Gasteiger partial charge in [0.25, 0.3) is 5.91 Å². The Hall–Kier alpha value is -3.52. The molecule has 0 radical (unpaired) electrons. The van der Waals surface area contributed by atoms with E-state index in [9.17, 15) is 19.1 Å². The number of carbonyl (C=O) groups is 2. The molecule has 0 aliphatic heterocycles. The summed E-state index contributed by atoms with van der Waals surface area (Å²) < 4.78 is 15.2. The average molecular weight is 452 g/mol. The Labute approximate surface area is 188 Å². The first kappa shape index (κ1) is 21.7. The number of nitrogens with two attached hydrogens (primary N) is 1. The third-order valence-corrected chi connectivity index (χ3v) is 6.25. The van der Waals surface area contributed by atoms with E-state index in [0.717, 1.165) is 16.9 Å². The molecule has 3 aromatic heterocycles. The van der Waals surface area contributed by atoms with E-state index in [1.807, 2.05) is 30.7 Å². The number of hydrogen-bond donors (Lipinski definition) is 2. The number of primary amides is 1. The van der Waals surface area contributed by atoms with Crippen LogP contribution in [0.2, 0.25) is 0 Å². The van der Waals surface area contributed by atoms with Crippen LogP contribution >= 0.6 is 11.3 Å². The molecule has 0 aliphatic rings. The second-order valence-corrected chi connectivity index (χ2v) is 9.13. The monoisotopic (exact) mass is 451 g/mol. The van der Waals surface area contributed by atoms with Crippen LogP contribution in [0.5, 0.6) is 0 Å². The molecule has 0 fully saturated rings. The smallest absolute Gasteiger partial charge is 0.345 e. The summed E-state index contributed by atoms with van der Waals surface area (Å²) in [5, 5.41) is 10.1. The summed E-state index contributed by atoms with van der Waals surface area (Å²) in [6.45, 7) is 4.53.